The second-order valence-corrected chi connectivity index (χ2v) is 6.22. The van der Waals surface area contributed by atoms with E-state index in [1.54, 1.807) is 12.1 Å². The van der Waals surface area contributed by atoms with Gasteiger partial charge in [0.25, 0.3) is 0 Å². The van der Waals surface area contributed by atoms with E-state index >= 15 is 0 Å². The first-order valence-corrected chi connectivity index (χ1v) is 7.85. The Morgan fingerprint density at radius 3 is 2.37 bits per heavy atom. The third kappa shape index (κ3) is 3.94. The van der Waals surface area contributed by atoms with Crippen molar-refractivity contribution in [2.24, 2.45) is 0 Å². The van der Waals surface area contributed by atoms with E-state index in [2.05, 4.69) is 15.9 Å². The third-order valence-electron chi connectivity index (χ3n) is 2.57. The van der Waals surface area contributed by atoms with Crippen LogP contribution in [0.1, 0.15) is 11.1 Å². The lowest BCUT2D eigenvalue weighted by Crippen LogP contribution is -1.95. The number of hydrogen-bond acceptors (Lipinski definition) is 1. The molecule has 0 bridgehead atoms. The normalized spacial score (nSPS) is 10.7. The molecule has 0 nitrogen and oxygen atoms in total. The van der Waals surface area contributed by atoms with Crippen molar-refractivity contribution < 1.29 is 8.78 Å². The van der Waals surface area contributed by atoms with Gasteiger partial charge in [-0.15, -0.1) is 0 Å². The van der Waals surface area contributed by atoms with Crippen LogP contribution in [0, 0.1) is 11.6 Å². The van der Waals surface area contributed by atoms with Crippen LogP contribution in [0.25, 0.3) is 0 Å². The molecule has 0 unspecified atom stereocenters. The maximum atomic E-state index is 13.7. The van der Waals surface area contributed by atoms with Gasteiger partial charge in [0, 0.05) is 22.1 Å². The fourth-order valence-electron chi connectivity index (χ4n) is 1.55. The summed E-state index contributed by atoms with van der Waals surface area (Å²) in [7, 11) is 0. The number of rotatable bonds is 4. The van der Waals surface area contributed by atoms with Gasteiger partial charge in [0.15, 0.2) is 0 Å². The van der Waals surface area contributed by atoms with E-state index in [9.17, 15) is 8.78 Å². The SMILES string of the molecule is Fc1ccc(Br)c(F)c1CSCc1ccc(Cl)cc1. The average Bonchev–Trinajstić information content (AvgIpc) is 2.40. The van der Waals surface area contributed by atoms with E-state index in [1.165, 1.54) is 23.9 Å². The first-order chi connectivity index (χ1) is 9.08. The predicted octanol–water partition coefficient (Wildman–Crippen LogP) is 5.81. The number of thioether (sulfide) groups is 1. The minimum absolute atomic E-state index is 0.105. The lowest BCUT2D eigenvalue weighted by Gasteiger charge is -2.06. The van der Waals surface area contributed by atoms with Crippen LogP contribution in [0.15, 0.2) is 40.9 Å². The minimum atomic E-state index is -0.524. The van der Waals surface area contributed by atoms with Crippen molar-refractivity contribution in [2.45, 2.75) is 11.5 Å². The van der Waals surface area contributed by atoms with Crippen molar-refractivity contribution in [1.82, 2.24) is 0 Å². The Bertz CT molecular complexity index is 572. The maximum Gasteiger partial charge on any atom is 0.144 e. The highest BCUT2D eigenvalue weighted by Gasteiger charge is 2.12. The topological polar surface area (TPSA) is 0 Å². The zero-order valence-corrected chi connectivity index (χ0v) is 13.0. The van der Waals surface area contributed by atoms with Gasteiger partial charge in [-0.25, -0.2) is 8.78 Å². The maximum absolute atomic E-state index is 13.7. The summed E-state index contributed by atoms with van der Waals surface area (Å²) < 4.78 is 27.5. The van der Waals surface area contributed by atoms with Crippen LogP contribution in [0.3, 0.4) is 0 Å². The van der Waals surface area contributed by atoms with Gasteiger partial charge in [-0.05, 0) is 45.8 Å². The van der Waals surface area contributed by atoms with Gasteiger partial charge in [0.2, 0.25) is 0 Å². The highest BCUT2D eigenvalue weighted by molar-refractivity contribution is 9.10. The molecular formula is C14H10BrClF2S. The van der Waals surface area contributed by atoms with E-state index in [1.807, 2.05) is 12.1 Å². The molecule has 0 amide bonds. The number of hydrogen-bond donors (Lipinski definition) is 0. The smallest absolute Gasteiger partial charge is 0.144 e. The van der Waals surface area contributed by atoms with Crippen LogP contribution in [0.5, 0.6) is 0 Å². The average molecular weight is 364 g/mol. The molecule has 0 saturated carbocycles. The molecule has 0 aliphatic heterocycles. The first kappa shape index (κ1) is 14.8. The van der Waals surface area contributed by atoms with E-state index in [0.29, 0.717) is 16.5 Å². The zero-order chi connectivity index (χ0) is 13.8. The van der Waals surface area contributed by atoms with Crippen molar-refractivity contribution in [3.63, 3.8) is 0 Å². The molecule has 2 rings (SSSR count). The summed E-state index contributed by atoms with van der Waals surface area (Å²) in [6.45, 7) is 0. The molecule has 2 aromatic rings. The minimum Gasteiger partial charge on any atom is -0.207 e. The van der Waals surface area contributed by atoms with Crippen LogP contribution in [-0.4, -0.2) is 0 Å². The lowest BCUT2D eigenvalue weighted by atomic mass is 10.2. The van der Waals surface area contributed by atoms with E-state index in [0.717, 1.165) is 5.56 Å². The first-order valence-electron chi connectivity index (χ1n) is 5.52. The molecule has 0 aromatic heterocycles. The van der Waals surface area contributed by atoms with Crippen LogP contribution in [0.4, 0.5) is 8.78 Å². The third-order valence-corrected chi connectivity index (χ3v) is 4.46. The van der Waals surface area contributed by atoms with E-state index in [4.69, 9.17) is 11.6 Å². The second-order valence-electron chi connectivity index (χ2n) is 3.94. The Hall–Kier alpha value is -0.580. The van der Waals surface area contributed by atoms with Gasteiger partial charge >= 0.3 is 0 Å². The van der Waals surface area contributed by atoms with Crippen molar-refractivity contribution in [3.05, 3.63) is 68.7 Å². The quantitative estimate of drug-likeness (QED) is 0.617. The highest BCUT2D eigenvalue weighted by Crippen LogP contribution is 2.26. The summed E-state index contributed by atoms with van der Waals surface area (Å²) in [6, 6.07) is 10.1. The Morgan fingerprint density at radius 2 is 1.68 bits per heavy atom. The van der Waals surface area contributed by atoms with E-state index in [-0.39, 0.29) is 10.0 Å². The summed E-state index contributed by atoms with van der Waals surface area (Å²) in [5.41, 5.74) is 1.18. The van der Waals surface area contributed by atoms with Crippen molar-refractivity contribution >= 4 is 39.3 Å². The Morgan fingerprint density at radius 1 is 1.00 bits per heavy atom. The lowest BCUT2D eigenvalue weighted by molar-refractivity contribution is 0.562. The molecule has 5 heteroatoms. The van der Waals surface area contributed by atoms with Crippen LogP contribution in [0.2, 0.25) is 5.02 Å². The van der Waals surface area contributed by atoms with Crippen LogP contribution >= 0.6 is 39.3 Å². The molecule has 0 spiro atoms. The summed E-state index contributed by atoms with van der Waals surface area (Å²) in [6.07, 6.45) is 0. The summed E-state index contributed by atoms with van der Waals surface area (Å²) in [5, 5.41) is 0.679. The monoisotopic (exact) mass is 362 g/mol. The molecule has 0 aliphatic carbocycles. The van der Waals surface area contributed by atoms with Crippen LogP contribution < -0.4 is 0 Å². The van der Waals surface area contributed by atoms with E-state index < -0.39 is 11.6 Å². The largest absolute Gasteiger partial charge is 0.207 e. The van der Waals surface area contributed by atoms with Gasteiger partial charge in [0.1, 0.15) is 11.6 Å². The molecule has 0 radical (unpaired) electrons. The molecule has 0 saturated heterocycles. The Labute approximate surface area is 128 Å². The Kier molecular flexibility index (Phi) is 5.25. The molecular weight excluding hydrogens is 354 g/mol. The van der Waals surface area contributed by atoms with Crippen molar-refractivity contribution in [2.75, 3.05) is 0 Å². The molecule has 100 valence electrons. The highest BCUT2D eigenvalue weighted by atomic mass is 79.9. The van der Waals surface area contributed by atoms with Gasteiger partial charge < -0.3 is 0 Å². The number of halogens is 4. The Balaban J connectivity index is 2.00. The fourth-order valence-corrected chi connectivity index (χ4v) is 3.05. The molecule has 0 atom stereocenters. The molecule has 0 heterocycles. The van der Waals surface area contributed by atoms with Gasteiger partial charge in [-0.1, -0.05) is 23.7 Å². The fraction of sp³-hybridized carbons (Fsp3) is 0.143. The standard InChI is InChI=1S/C14H10BrClF2S/c15-12-5-6-13(17)11(14(12)18)8-19-7-9-1-3-10(16)4-2-9/h1-6H,7-8H2. The number of benzene rings is 2. The van der Waals surface area contributed by atoms with Gasteiger partial charge in [-0.2, -0.15) is 11.8 Å². The molecule has 0 fully saturated rings. The van der Waals surface area contributed by atoms with Gasteiger partial charge in [0.05, 0.1) is 4.47 Å². The second kappa shape index (κ2) is 6.73. The van der Waals surface area contributed by atoms with Crippen molar-refractivity contribution in [1.29, 1.82) is 0 Å². The van der Waals surface area contributed by atoms with Gasteiger partial charge in [-0.3, -0.25) is 0 Å². The zero-order valence-electron chi connectivity index (χ0n) is 9.80. The molecule has 0 aliphatic rings. The molecule has 0 N–H and O–H groups in total. The summed E-state index contributed by atoms with van der Waals surface area (Å²) in [4.78, 5) is 0. The molecule has 19 heavy (non-hydrogen) atoms. The molecule has 2 aromatic carbocycles. The van der Waals surface area contributed by atoms with Crippen LogP contribution in [-0.2, 0) is 11.5 Å². The van der Waals surface area contributed by atoms with Crippen molar-refractivity contribution in [3.8, 4) is 0 Å². The summed E-state index contributed by atoms with van der Waals surface area (Å²) in [5.74, 6) is -0.0598. The predicted molar refractivity (Wildman–Crippen MR) is 80.5 cm³/mol. The summed E-state index contributed by atoms with van der Waals surface area (Å²) >= 11 is 10.3.